The molecule has 1 unspecified atom stereocenters. The molecule has 1 aliphatic rings. The predicted octanol–water partition coefficient (Wildman–Crippen LogP) is 4.25. The van der Waals surface area contributed by atoms with E-state index in [1.165, 1.54) is 11.3 Å². The van der Waals surface area contributed by atoms with E-state index in [0.717, 1.165) is 11.6 Å². The lowest BCUT2D eigenvalue weighted by molar-refractivity contribution is -0.129. The third-order valence-electron chi connectivity index (χ3n) is 5.60. The number of aliphatic hydroxyl groups excluding tert-OH is 1. The summed E-state index contributed by atoms with van der Waals surface area (Å²) in [6.07, 6.45) is 2.32. The molecule has 0 saturated heterocycles. The Bertz CT molecular complexity index is 1140. The van der Waals surface area contributed by atoms with Crippen LogP contribution >= 0.6 is 11.3 Å². The van der Waals surface area contributed by atoms with E-state index in [2.05, 4.69) is 11.6 Å². The summed E-state index contributed by atoms with van der Waals surface area (Å²) >= 11 is 1.26. The van der Waals surface area contributed by atoms with Crippen molar-refractivity contribution in [1.82, 2.24) is 14.8 Å². The number of benzene rings is 1. The molecule has 1 aromatic heterocycles. The Morgan fingerprint density at radius 1 is 1.29 bits per heavy atom. The molecule has 1 aliphatic heterocycles. The summed E-state index contributed by atoms with van der Waals surface area (Å²) in [5.41, 5.74) is 1.30. The molecule has 1 N–H and O–H groups in total. The normalized spacial score (nSPS) is 15.8. The van der Waals surface area contributed by atoms with E-state index >= 15 is 0 Å². The van der Waals surface area contributed by atoms with Gasteiger partial charge in [-0.15, -0.1) is 11.3 Å². The summed E-state index contributed by atoms with van der Waals surface area (Å²) in [7, 11) is 3.92. The van der Waals surface area contributed by atoms with Gasteiger partial charge in [-0.05, 0) is 65.5 Å². The maximum Gasteiger partial charge on any atom is 0.290 e. The number of amides is 1. The average molecular weight is 500 g/mol. The number of thiazole rings is 1. The standard InChI is InChI=1S/C26H33N3O5S/c1-7-14-34-19-11-10-18(15-20(19)33-8-2)22-21(23(30)25-16(3)27-17(4)35-25)24(31)26(32)29(22)13-9-12-28(5)6/h7,10-11,15,22,31H,1,8-9,12-14H2,2-6H3. The molecule has 0 bridgehead atoms. The highest BCUT2D eigenvalue weighted by atomic mass is 32.1. The van der Waals surface area contributed by atoms with E-state index < -0.39 is 17.7 Å². The van der Waals surface area contributed by atoms with Crippen molar-refractivity contribution >= 4 is 23.0 Å². The zero-order valence-electron chi connectivity index (χ0n) is 21.0. The topological polar surface area (TPSA) is 92.2 Å². The SMILES string of the molecule is C=CCOc1ccc(C2C(C(=O)c3sc(C)nc3C)=C(O)C(=O)N2CCCN(C)C)cc1OCC. The van der Waals surface area contributed by atoms with Gasteiger partial charge in [0.1, 0.15) is 6.61 Å². The zero-order chi connectivity index (χ0) is 25.7. The monoisotopic (exact) mass is 499 g/mol. The molecule has 0 saturated carbocycles. The van der Waals surface area contributed by atoms with Crippen molar-refractivity contribution in [2.24, 2.45) is 0 Å². The van der Waals surface area contributed by atoms with Crippen molar-refractivity contribution in [2.45, 2.75) is 33.2 Å². The van der Waals surface area contributed by atoms with Crippen molar-refractivity contribution in [2.75, 3.05) is 40.4 Å². The van der Waals surface area contributed by atoms with Gasteiger partial charge in [0.15, 0.2) is 17.3 Å². The minimum atomic E-state index is -0.758. The molecule has 0 fully saturated rings. The number of ether oxygens (including phenoxy) is 2. The number of carbonyl (C=O) groups excluding carboxylic acids is 2. The van der Waals surface area contributed by atoms with Crippen molar-refractivity contribution in [3.63, 3.8) is 0 Å². The smallest absolute Gasteiger partial charge is 0.290 e. The van der Waals surface area contributed by atoms with Gasteiger partial charge in [0.25, 0.3) is 5.91 Å². The van der Waals surface area contributed by atoms with Crippen molar-refractivity contribution in [3.8, 4) is 11.5 Å². The molecule has 8 nitrogen and oxygen atoms in total. The van der Waals surface area contributed by atoms with Crippen LogP contribution in [0.1, 0.15) is 45.3 Å². The second kappa shape index (κ2) is 11.5. The minimum Gasteiger partial charge on any atom is -0.503 e. The predicted molar refractivity (Wildman–Crippen MR) is 137 cm³/mol. The van der Waals surface area contributed by atoms with Gasteiger partial charge in [-0.1, -0.05) is 18.7 Å². The van der Waals surface area contributed by atoms with Crippen molar-refractivity contribution in [1.29, 1.82) is 0 Å². The van der Waals surface area contributed by atoms with E-state index in [9.17, 15) is 14.7 Å². The zero-order valence-corrected chi connectivity index (χ0v) is 21.8. The summed E-state index contributed by atoms with van der Waals surface area (Å²) in [5, 5.41) is 11.7. The molecular formula is C26H33N3O5S. The number of aliphatic hydroxyl groups is 1. The van der Waals surface area contributed by atoms with E-state index in [0.29, 0.717) is 53.8 Å². The number of aromatic nitrogens is 1. The van der Waals surface area contributed by atoms with Crippen LogP contribution in [0.5, 0.6) is 11.5 Å². The highest BCUT2D eigenvalue weighted by Crippen LogP contribution is 2.42. The van der Waals surface area contributed by atoms with Gasteiger partial charge in [0.2, 0.25) is 5.78 Å². The summed E-state index contributed by atoms with van der Waals surface area (Å²) in [6.45, 7) is 11.0. The number of aryl methyl sites for hydroxylation is 2. The molecule has 0 aliphatic carbocycles. The third-order valence-corrected chi connectivity index (χ3v) is 6.67. The summed E-state index contributed by atoms with van der Waals surface area (Å²) in [4.78, 5) is 35.2. The molecule has 188 valence electrons. The van der Waals surface area contributed by atoms with Gasteiger partial charge in [0, 0.05) is 6.54 Å². The molecule has 0 spiro atoms. The van der Waals surface area contributed by atoms with Crippen LogP contribution < -0.4 is 9.47 Å². The highest BCUT2D eigenvalue weighted by Gasteiger charge is 2.44. The molecule has 2 aromatic rings. The highest BCUT2D eigenvalue weighted by molar-refractivity contribution is 7.14. The fourth-order valence-corrected chi connectivity index (χ4v) is 4.99. The first-order valence-corrected chi connectivity index (χ1v) is 12.4. The number of hydrogen-bond acceptors (Lipinski definition) is 8. The van der Waals surface area contributed by atoms with Gasteiger partial charge in [-0.3, -0.25) is 9.59 Å². The number of rotatable bonds is 12. The third kappa shape index (κ3) is 5.74. The summed E-state index contributed by atoms with van der Waals surface area (Å²) in [5.74, 6) is -0.422. The Labute approximate surface area is 210 Å². The van der Waals surface area contributed by atoms with Gasteiger partial charge in [-0.25, -0.2) is 4.98 Å². The number of nitrogens with zero attached hydrogens (tertiary/aromatic N) is 3. The van der Waals surface area contributed by atoms with Crippen LogP contribution in [0, 0.1) is 13.8 Å². The first kappa shape index (κ1) is 26.4. The van der Waals surface area contributed by atoms with E-state index in [4.69, 9.17) is 9.47 Å². The second-order valence-electron chi connectivity index (χ2n) is 8.54. The fourth-order valence-electron chi connectivity index (χ4n) is 4.12. The van der Waals surface area contributed by atoms with Gasteiger partial charge >= 0.3 is 0 Å². The molecule has 2 heterocycles. The lowest BCUT2D eigenvalue weighted by atomic mass is 9.94. The second-order valence-corrected chi connectivity index (χ2v) is 9.74. The Hall–Kier alpha value is -3.17. The van der Waals surface area contributed by atoms with Gasteiger partial charge < -0.3 is 24.4 Å². The Balaban J connectivity index is 2.09. The molecule has 35 heavy (non-hydrogen) atoms. The Morgan fingerprint density at radius 3 is 2.63 bits per heavy atom. The van der Waals surface area contributed by atoms with Crippen LogP contribution in [0.15, 0.2) is 42.2 Å². The van der Waals surface area contributed by atoms with Crippen molar-refractivity contribution < 1.29 is 24.2 Å². The Kier molecular flexibility index (Phi) is 8.69. The lowest BCUT2D eigenvalue weighted by Crippen LogP contribution is -2.33. The number of ketones is 1. The van der Waals surface area contributed by atoms with Gasteiger partial charge in [-0.2, -0.15) is 0 Å². The van der Waals surface area contributed by atoms with Crippen LogP contribution in [0.2, 0.25) is 0 Å². The first-order valence-electron chi connectivity index (χ1n) is 11.6. The van der Waals surface area contributed by atoms with Crippen molar-refractivity contribution in [3.05, 3.63) is 63.3 Å². The molecule has 1 atom stereocenters. The maximum absolute atomic E-state index is 13.7. The molecule has 1 aromatic carbocycles. The van der Waals surface area contributed by atoms with E-state index in [1.807, 2.05) is 32.8 Å². The minimum absolute atomic E-state index is 0.0637. The molecule has 0 radical (unpaired) electrons. The molecular weight excluding hydrogens is 466 g/mol. The molecule has 1 amide bonds. The Morgan fingerprint density at radius 2 is 2.03 bits per heavy atom. The van der Waals surface area contributed by atoms with Crippen LogP contribution in [0.4, 0.5) is 0 Å². The lowest BCUT2D eigenvalue weighted by Gasteiger charge is -2.28. The van der Waals surface area contributed by atoms with E-state index in [1.54, 1.807) is 36.1 Å². The number of hydrogen-bond donors (Lipinski definition) is 1. The fraction of sp³-hybridized carbons (Fsp3) is 0.423. The van der Waals surface area contributed by atoms with Crippen LogP contribution in [0.25, 0.3) is 0 Å². The summed E-state index contributed by atoms with van der Waals surface area (Å²) in [6, 6.07) is 4.57. The van der Waals surface area contributed by atoms with Gasteiger partial charge in [0.05, 0.1) is 33.8 Å². The van der Waals surface area contributed by atoms with Crippen LogP contribution in [0.3, 0.4) is 0 Å². The van der Waals surface area contributed by atoms with Crippen LogP contribution in [-0.2, 0) is 4.79 Å². The van der Waals surface area contributed by atoms with E-state index in [-0.39, 0.29) is 11.4 Å². The molecule has 9 heteroatoms. The quantitative estimate of drug-likeness (QED) is 0.345. The van der Waals surface area contributed by atoms with Crippen LogP contribution in [-0.4, -0.2) is 72.0 Å². The first-order chi connectivity index (χ1) is 16.7. The number of Topliss-reactive ketones (excluding diaryl/α,β-unsaturated/α-hetero) is 1. The molecule has 3 rings (SSSR count). The largest absolute Gasteiger partial charge is 0.503 e. The maximum atomic E-state index is 13.7. The average Bonchev–Trinajstić information content (AvgIpc) is 3.28. The number of carbonyl (C=O) groups is 2. The summed E-state index contributed by atoms with van der Waals surface area (Å²) < 4.78 is 11.5.